The molecule has 2 atom stereocenters. The van der Waals surface area contributed by atoms with Gasteiger partial charge in [0.2, 0.25) is 0 Å². The van der Waals surface area contributed by atoms with Gasteiger partial charge in [0.1, 0.15) is 17.9 Å². The molecular formula is C20H20F4N4O3. The van der Waals surface area contributed by atoms with E-state index in [-0.39, 0.29) is 28.1 Å². The van der Waals surface area contributed by atoms with Crippen LogP contribution in [0.4, 0.5) is 23.2 Å². The number of nitriles is 1. The van der Waals surface area contributed by atoms with E-state index in [2.05, 4.69) is 5.32 Å². The maximum Gasteiger partial charge on any atom is 0.408 e. The third-order valence-electron chi connectivity index (χ3n) is 4.91. The van der Waals surface area contributed by atoms with Crippen molar-refractivity contribution in [2.75, 3.05) is 5.32 Å². The molecule has 0 aliphatic rings. The van der Waals surface area contributed by atoms with Crippen molar-refractivity contribution in [2.45, 2.75) is 39.1 Å². The van der Waals surface area contributed by atoms with Gasteiger partial charge in [-0.3, -0.25) is 9.59 Å². The van der Waals surface area contributed by atoms with Gasteiger partial charge in [-0.05, 0) is 44.5 Å². The Balaban J connectivity index is 2.34. The van der Waals surface area contributed by atoms with Crippen LogP contribution in [-0.2, 0) is 11.8 Å². The topological polar surface area (TPSA) is 107 Å². The summed E-state index contributed by atoms with van der Waals surface area (Å²) >= 11 is 0. The number of aliphatic hydroxyl groups is 1. The molecule has 1 unspecified atom stereocenters. The second kappa shape index (κ2) is 8.77. The molecule has 0 saturated carbocycles. The molecule has 3 N–H and O–H groups in total. The quantitative estimate of drug-likeness (QED) is 0.622. The average Bonchev–Trinajstić information content (AvgIpc) is 2.90. The molecule has 1 heterocycles. The minimum absolute atomic E-state index is 0.0497. The number of amides is 2. The van der Waals surface area contributed by atoms with Gasteiger partial charge in [-0.15, -0.1) is 0 Å². The zero-order valence-corrected chi connectivity index (χ0v) is 17.1. The van der Waals surface area contributed by atoms with E-state index in [0.29, 0.717) is 5.69 Å². The molecule has 7 nitrogen and oxygen atoms in total. The highest BCUT2D eigenvalue weighted by Crippen LogP contribution is 2.28. The molecule has 11 heteroatoms. The Bertz CT molecular complexity index is 1070. The van der Waals surface area contributed by atoms with Gasteiger partial charge >= 0.3 is 6.18 Å². The number of aromatic nitrogens is 1. The number of anilines is 1. The minimum Gasteiger partial charge on any atom is -0.377 e. The lowest BCUT2D eigenvalue weighted by Crippen LogP contribution is -2.45. The zero-order valence-electron chi connectivity index (χ0n) is 17.1. The lowest BCUT2D eigenvalue weighted by atomic mass is 10.1. The van der Waals surface area contributed by atoms with Crippen molar-refractivity contribution >= 4 is 17.5 Å². The van der Waals surface area contributed by atoms with E-state index < -0.39 is 36.0 Å². The molecule has 0 radical (unpaired) electrons. The van der Waals surface area contributed by atoms with Gasteiger partial charge in [-0.2, -0.15) is 18.4 Å². The maximum atomic E-state index is 13.5. The van der Waals surface area contributed by atoms with E-state index in [1.807, 2.05) is 0 Å². The number of nitrogens with one attached hydrogen (secondary N) is 2. The third kappa shape index (κ3) is 4.86. The van der Waals surface area contributed by atoms with Gasteiger partial charge in [0.15, 0.2) is 6.10 Å². The van der Waals surface area contributed by atoms with E-state index in [0.717, 1.165) is 19.1 Å². The largest absolute Gasteiger partial charge is 0.408 e. The van der Waals surface area contributed by atoms with Crippen LogP contribution in [0.2, 0.25) is 0 Å². The molecule has 1 aromatic carbocycles. The number of benzene rings is 1. The first-order valence-corrected chi connectivity index (χ1v) is 9.01. The molecule has 2 rings (SSSR count). The number of alkyl halides is 3. The number of carbonyl (C=O) groups is 2. The first-order valence-electron chi connectivity index (χ1n) is 9.01. The van der Waals surface area contributed by atoms with Gasteiger partial charge in [0, 0.05) is 18.4 Å². The summed E-state index contributed by atoms with van der Waals surface area (Å²) in [6.07, 6.45) is -6.64. The van der Waals surface area contributed by atoms with Gasteiger partial charge < -0.3 is 20.3 Å². The van der Waals surface area contributed by atoms with Crippen LogP contribution in [0.3, 0.4) is 0 Å². The summed E-state index contributed by atoms with van der Waals surface area (Å²) in [5.74, 6) is -2.68. The molecule has 0 saturated heterocycles. The van der Waals surface area contributed by atoms with Crippen LogP contribution in [-0.4, -0.2) is 33.7 Å². The van der Waals surface area contributed by atoms with Gasteiger partial charge in [0.05, 0.1) is 16.8 Å². The highest BCUT2D eigenvalue weighted by molar-refractivity contribution is 6.06. The molecule has 2 amide bonds. The monoisotopic (exact) mass is 440 g/mol. The van der Waals surface area contributed by atoms with E-state index in [1.165, 1.54) is 31.5 Å². The first-order chi connectivity index (χ1) is 14.3. The fourth-order valence-corrected chi connectivity index (χ4v) is 3.10. The zero-order chi connectivity index (χ0) is 23.7. The Morgan fingerprint density at radius 3 is 2.42 bits per heavy atom. The van der Waals surface area contributed by atoms with Crippen LogP contribution < -0.4 is 10.6 Å². The Labute approximate surface area is 175 Å². The van der Waals surface area contributed by atoms with Crippen molar-refractivity contribution in [3.05, 3.63) is 52.1 Å². The molecule has 0 aliphatic carbocycles. The molecule has 166 valence electrons. The van der Waals surface area contributed by atoms with Crippen LogP contribution >= 0.6 is 0 Å². The Morgan fingerprint density at radius 1 is 1.26 bits per heavy atom. The number of halogens is 4. The predicted molar refractivity (Wildman–Crippen MR) is 103 cm³/mol. The van der Waals surface area contributed by atoms with Gasteiger partial charge in [0.25, 0.3) is 11.8 Å². The summed E-state index contributed by atoms with van der Waals surface area (Å²) in [5, 5.41) is 23.5. The third-order valence-corrected chi connectivity index (χ3v) is 4.91. The smallest absolute Gasteiger partial charge is 0.377 e. The van der Waals surface area contributed by atoms with Crippen molar-refractivity contribution in [3.63, 3.8) is 0 Å². The first kappa shape index (κ1) is 23.9. The maximum absolute atomic E-state index is 13.5. The molecule has 0 aliphatic heterocycles. The fourth-order valence-electron chi connectivity index (χ4n) is 3.10. The van der Waals surface area contributed by atoms with Crippen molar-refractivity contribution in [3.8, 4) is 6.07 Å². The van der Waals surface area contributed by atoms with E-state index in [4.69, 9.17) is 5.26 Å². The second-order valence-corrected chi connectivity index (χ2v) is 6.96. The fraction of sp³-hybridized carbons (Fsp3) is 0.350. The van der Waals surface area contributed by atoms with Crippen molar-refractivity contribution in [2.24, 2.45) is 7.05 Å². The number of hydrogen-bond donors (Lipinski definition) is 3. The Hall–Kier alpha value is -3.39. The van der Waals surface area contributed by atoms with Crippen molar-refractivity contribution in [1.82, 2.24) is 9.88 Å². The number of aliphatic hydroxyl groups excluding tert-OH is 1. The summed E-state index contributed by atoms with van der Waals surface area (Å²) in [6, 6.07) is 2.88. The van der Waals surface area contributed by atoms with Gasteiger partial charge in [-0.1, -0.05) is 0 Å². The van der Waals surface area contributed by atoms with E-state index in [9.17, 15) is 32.3 Å². The standard InChI is InChI=1S/C20H20F4N4O3/c1-9-15(18(30)27-13-5-6-14(21)12(7-13)8-25)10(2)28(4)16(9)17(29)19(31)26-11(3)20(22,23)24/h5-7,11,17,29H,1-4H3,(H,26,31)(H,27,30)/t11-,17?/m0/s1. The molecule has 1 aromatic heterocycles. The Morgan fingerprint density at radius 2 is 1.87 bits per heavy atom. The lowest BCUT2D eigenvalue weighted by molar-refractivity contribution is -0.161. The van der Waals surface area contributed by atoms with E-state index in [1.54, 1.807) is 11.4 Å². The number of rotatable bonds is 5. The van der Waals surface area contributed by atoms with E-state index >= 15 is 0 Å². The van der Waals surface area contributed by atoms with Crippen LogP contribution in [0.15, 0.2) is 18.2 Å². The van der Waals surface area contributed by atoms with Crippen LogP contribution in [0.5, 0.6) is 0 Å². The van der Waals surface area contributed by atoms with Gasteiger partial charge in [-0.25, -0.2) is 4.39 Å². The lowest BCUT2D eigenvalue weighted by Gasteiger charge is -2.20. The summed E-state index contributed by atoms with van der Waals surface area (Å²) in [4.78, 5) is 24.9. The molecule has 0 bridgehead atoms. The highest BCUT2D eigenvalue weighted by atomic mass is 19.4. The highest BCUT2D eigenvalue weighted by Gasteiger charge is 2.39. The molecule has 2 aromatic rings. The van der Waals surface area contributed by atoms with Crippen molar-refractivity contribution < 1.29 is 32.3 Å². The summed E-state index contributed by atoms with van der Waals surface area (Å²) < 4.78 is 52.9. The summed E-state index contributed by atoms with van der Waals surface area (Å²) in [7, 11) is 1.45. The molecule has 31 heavy (non-hydrogen) atoms. The summed E-state index contributed by atoms with van der Waals surface area (Å²) in [6.45, 7) is 3.71. The molecule has 0 fully saturated rings. The second-order valence-electron chi connectivity index (χ2n) is 6.96. The van der Waals surface area contributed by atoms with Crippen LogP contribution in [0.25, 0.3) is 0 Å². The number of nitrogens with zero attached hydrogens (tertiary/aromatic N) is 2. The predicted octanol–water partition coefficient (Wildman–Crippen LogP) is 3.01. The Kier molecular flexibility index (Phi) is 6.76. The average molecular weight is 440 g/mol. The van der Waals surface area contributed by atoms with Crippen molar-refractivity contribution in [1.29, 1.82) is 5.26 Å². The number of hydrogen-bond acceptors (Lipinski definition) is 4. The minimum atomic E-state index is -4.68. The molecule has 0 spiro atoms. The van der Waals surface area contributed by atoms with Crippen LogP contribution in [0, 0.1) is 31.0 Å². The van der Waals surface area contributed by atoms with Crippen LogP contribution in [0.1, 0.15) is 45.9 Å². The SMILES string of the molecule is Cc1c(C(=O)Nc2ccc(F)c(C#N)c2)c(C)n(C)c1C(O)C(=O)N[C@@H](C)C(F)(F)F. The molecular weight excluding hydrogens is 420 g/mol. The number of carbonyl (C=O) groups excluding carboxylic acids is 2. The summed E-state index contributed by atoms with van der Waals surface area (Å²) in [5.41, 5.74) is 0.420. The normalized spacial score (nSPS) is 13.3.